The highest BCUT2D eigenvalue weighted by atomic mass is 35.5. The summed E-state index contributed by atoms with van der Waals surface area (Å²) in [6.07, 6.45) is -3.39. The molecule has 1 N–H and O–H groups in total. The van der Waals surface area contributed by atoms with Crippen molar-refractivity contribution in [1.29, 1.82) is 0 Å². The van der Waals surface area contributed by atoms with Gasteiger partial charge >= 0.3 is 11.9 Å². The fourth-order valence-corrected chi connectivity index (χ4v) is 2.95. The number of halogens is 5. The van der Waals surface area contributed by atoms with Crippen LogP contribution in [0.25, 0.3) is 16.6 Å². The third kappa shape index (κ3) is 2.96. The Hall–Kier alpha value is -2.52. The predicted octanol–water partition coefficient (Wildman–Crippen LogP) is 4.96. The second-order valence-corrected chi connectivity index (χ2v) is 5.81. The van der Waals surface area contributed by atoms with Crippen LogP contribution >= 0.6 is 23.2 Å². The summed E-state index contributed by atoms with van der Waals surface area (Å²) in [5, 5.41) is 24.2. The van der Waals surface area contributed by atoms with E-state index in [-0.39, 0.29) is 26.6 Å². The van der Waals surface area contributed by atoms with Gasteiger partial charge in [0.1, 0.15) is 5.69 Å². The third-order valence-electron chi connectivity index (χ3n) is 3.42. The molecule has 0 aliphatic heterocycles. The Bertz CT molecular complexity index is 995. The van der Waals surface area contributed by atoms with E-state index in [1.807, 2.05) is 0 Å². The molecule has 130 valence electrons. The Labute approximate surface area is 147 Å². The first-order valence-electron chi connectivity index (χ1n) is 6.51. The lowest BCUT2D eigenvalue weighted by atomic mass is 10.2. The van der Waals surface area contributed by atoms with Crippen LogP contribution < -0.4 is 0 Å². The smallest absolute Gasteiger partial charge is 0.416 e. The molecule has 11 heteroatoms. The SMILES string of the molecule is O=[N+]([O-])c1cc2cnn(-c3c(Cl)cc(C(F)(F)F)cc3Cl)c2cc1O. The highest BCUT2D eigenvalue weighted by Gasteiger charge is 2.32. The molecule has 2 aromatic carbocycles. The molecule has 25 heavy (non-hydrogen) atoms. The fourth-order valence-electron chi connectivity index (χ4n) is 2.31. The monoisotopic (exact) mass is 391 g/mol. The fraction of sp³-hybridized carbons (Fsp3) is 0.0714. The molecule has 3 rings (SSSR count). The summed E-state index contributed by atoms with van der Waals surface area (Å²) >= 11 is 11.9. The number of benzene rings is 2. The van der Waals surface area contributed by atoms with Crippen molar-refractivity contribution in [2.75, 3.05) is 0 Å². The van der Waals surface area contributed by atoms with E-state index < -0.39 is 28.1 Å². The molecule has 6 nitrogen and oxygen atoms in total. The van der Waals surface area contributed by atoms with Gasteiger partial charge in [-0.1, -0.05) is 23.2 Å². The number of nitro benzene ring substituents is 1. The topological polar surface area (TPSA) is 81.2 Å². The van der Waals surface area contributed by atoms with Crippen LogP contribution in [0.3, 0.4) is 0 Å². The van der Waals surface area contributed by atoms with E-state index in [1.165, 1.54) is 6.20 Å². The Morgan fingerprint density at radius 3 is 2.28 bits per heavy atom. The molecule has 0 bridgehead atoms. The summed E-state index contributed by atoms with van der Waals surface area (Å²) in [7, 11) is 0. The van der Waals surface area contributed by atoms with Gasteiger partial charge in [0, 0.05) is 17.5 Å². The molecule has 0 saturated carbocycles. The molecule has 0 saturated heterocycles. The third-order valence-corrected chi connectivity index (χ3v) is 3.99. The van der Waals surface area contributed by atoms with Gasteiger partial charge in [-0.05, 0) is 12.1 Å². The van der Waals surface area contributed by atoms with Crippen LogP contribution in [-0.2, 0) is 6.18 Å². The van der Waals surface area contributed by atoms with Crippen molar-refractivity contribution < 1.29 is 23.2 Å². The molecule has 0 unspecified atom stereocenters. The minimum atomic E-state index is -4.63. The molecule has 0 atom stereocenters. The number of nitrogens with zero attached hydrogens (tertiary/aromatic N) is 3. The van der Waals surface area contributed by atoms with Crippen molar-refractivity contribution in [3.8, 4) is 11.4 Å². The molecule has 0 radical (unpaired) electrons. The molecule has 0 aliphatic rings. The minimum absolute atomic E-state index is 0.0420. The highest BCUT2D eigenvalue weighted by molar-refractivity contribution is 6.38. The normalized spacial score (nSPS) is 11.9. The lowest BCUT2D eigenvalue weighted by Gasteiger charge is -2.13. The van der Waals surface area contributed by atoms with Gasteiger partial charge in [-0.3, -0.25) is 10.1 Å². The summed E-state index contributed by atoms with van der Waals surface area (Å²) in [6.45, 7) is 0. The van der Waals surface area contributed by atoms with Gasteiger partial charge in [0.15, 0.2) is 5.75 Å². The molecular formula is C14H6Cl2F3N3O3. The average Bonchev–Trinajstić information content (AvgIpc) is 2.87. The molecule has 1 heterocycles. The summed E-state index contributed by atoms with van der Waals surface area (Å²) in [6, 6.07) is 3.54. The summed E-state index contributed by atoms with van der Waals surface area (Å²) in [4.78, 5) is 10.1. The van der Waals surface area contributed by atoms with Crippen LogP contribution in [-0.4, -0.2) is 19.8 Å². The standard InChI is InChI=1S/C14H6Cl2F3N3O3/c15-8-2-7(14(17,18)19)3-9(16)13(8)21-10-4-12(23)11(22(24)25)1-6(10)5-20-21/h1-5,23H. The molecule has 1 aromatic heterocycles. The molecule has 0 aliphatic carbocycles. The minimum Gasteiger partial charge on any atom is -0.502 e. The number of hydrogen-bond acceptors (Lipinski definition) is 4. The van der Waals surface area contributed by atoms with E-state index in [4.69, 9.17) is 23.2 Å². The van der Waals surface area contributed by atoms with E-state index in [1.54, 1.807) is 0 Å². The number of rotatable bonds is 2. The highest BCUT2D eigenvalue weighted by Crippen LogP contribution is 2.39. The zero-order valence-electron chi connectivity index (χ0n) is 11.9. The zero-order chi connectivity index (χ0) is 18.5. The Morgan fingerprint density at radius 2 is 1.76 bits per heavy atom. The number of aromatic hydroxyl groups is 1. The van der Waals surface area contributed by atoms with Crippen LogP contribution in [0.15, 0.2) is 30.5 Å². The zero-order valence-corrected chi connectivity index (χ0v) is 13.4. The number of nitro groups is 1. The molecule has 0 amide bonds. The van der Waals surface area contributed by atoms with Gasteiger partial charge in [0.05, 0.1) is 32.2 Å². The van der Waals surface area contributed by atoms with E-state index in [0.717, 1.165) is 16.8 Å². The maximum Gasteiger partial charge on any atom is 0.416 e. The van der Waals surface area contributed by atoms with Crippen molar-refractivity contribution in [2.24, 2.45) is 0 Å². The predicted molar refractivity (Wildman–Crippen MR) is 84.4 cm³/mol. The molecule has 0 spiro atoms. The lowest BCUT2D eigenvalue weighted by Crippen LogP contribution is -2.07. The molecular weight excluding hydrogens is 386 g/mol. The van der Waals surface area contributed by atoms with Crippen molar-refractivity contribution in [2.45, 2.75) is 6.18 Å². The summed E-state index contributed by atoms with van der Waals surface area (Å²) < 4.78 is 39.5. The van der Waals surface area contributed by atoms with Gasteiger partial charge in [0.2, 0.25) is 0 Å². The number of fused-ring (bicyclic) bond motifs is 1. The van der Waals surface area contributed by atoms with E-state index in [0.29, 0.717) is 12.1 Å². The number of alkyl halides is 3. The van der Waals surface area contributed by atoms with Crippen LogP contribution in [0.1, 0.15) is 5.56 Å². The van der Waals surface area contributed by atoms with Gasteiger partial charge in [-0.15, -0.1) is 0 Å². The first-order chi connectivity index (χ1) is 11.6. The number of hydrogen-bond donors (Lipinski definition) is 1. The first kappa shape index (κ1) is 17.3. The van der Waals surface area contributed by atoms with Crippen molar-refractivity contribution >= 4 is 39.8 Å². The number of aromatic nitrogens is 2. The van der Waals surface area contributed by atoms with Gasteiger partial charge in [-0.25, -0.2) is 4.68 Å². The summed E-state index contributed by atoms with van der Waals surface area (Å²) in [5.41, 5.74) is -1.41. The van der Waals surface area contributed by atoms with E-state index >= 15 is 0 Å². The van der Waals surface area contributed by atoms with Crippen LogP contribution in [0.5, 0.6) is 5.75 Å². The van der Waals surface area contributed by atoms with E-state index in [9.17, 15) is 28.4 Å². The van der Waals surface area contributed by atoms with Crippen LogP contribution in [0, 0.1) is 10.1 Å². The van der Waals surface area contributed by atoms with Crippen LogP contribution in [0.2, 0.25) is 10.0 Å². The van der Waals surface area contributed by atoms with Gasteiger partial charge in [-0.2, -0.15) is 18.3 Å². The largest absolute Gasteiger partial charge is 0.502 e. The lowest BCUT2D eigenvalue weighted by molar-refractivity contribution is -0.385. The maximum absolute atomic E-state index is 12.8. The van der Waals surface area contributed by atoms with Crippen molar-refractivity contribution in [1.82, 2.24) is 9.78 Å². The van der Waals surface area contributed by atoms with Crippen molar-refractivity contribution in [3.63, 3.8) is 0 Å². The molecule has 3 aromatic rings. The first-order valence-corrected chi connectivity index (χ1v) is 7.27. The quantitative estimate of drug-likeness (QED) is 0.494. The van der Waals surface area contributed by atoms with Crippen LogP contribution in [0.4, 0.5) is 18.9 Å². The second-order valence-electron chi connectivity index (χ2n) is 5.00. The van der Waals surface area contributed by atoms with Crippen molar-refractivity contribution in [3.05, 3.63) is 56.2 Å². The van der Waals surface area contributed by atoms with E-state index in [2.05, 4.69) is 5.10 Å². The van der Waals surface area contributed by atoms with Gasteiger partial charge in [0.25, 0.3) is 0 Å². The Balaban J connectivity index is 2.24. The number of phenols is 1. The molecule has 0 fully saturated rings. The Kier molecular flexibility index (Phi) is 4.00. The number of phenolic OH excluding ortho intramolecular Hbond substituents is 1. The summed E-state index contributed by atoms with van der Waals surface area (Å²) in [5.74, 6) is -0.626. The maximum atomic E-state index is 12.8. The average molecular weight is 392 g/mol. The van der Waals surface area contributed by atoms with Gasteiger partial charge < -0.3 is 5.11 Å². The second kappa shape index (κ2) is 5.78. The Morgan fingerprint density at radius 1 is 1.16 bits per heavy atom.